The molecule has 2 rings (SSSR count). The van der Waals surface area contributed by atoms with Gasteiger partial charge in [-0.3, -0.25) is 4.79 Å². The number of aromatic nitrogens is 1. The predicted molar refractivity (Wildman–Crippen MR) is 121 cm³/mol. The average molecular weight is 440 g/mol. The minimum atomic E-state index is -1.11. The highest BCUT2D eigenvalue weighted by Crippen LogP contribution is 2.25. The van der Waals surface area contributed by atoms with Crippen LogP contribution in [0.1, 0.15) is 29.4 Å². The van der Waals surface area contributed by atoms with E-state index in [2.05, 4.69) is 5.32 Å². The van der Waals surface area contributed by atoms with Gasteiger partial charge in [-0.05, 0) is 63.1 Å². The van der Waals surface area contributed by atoms with Crippen LogP contribution in [0.15, 0.2) is 29.8 Å². The topological polar surface area (TPSA) is 103 Å². The van der Waals surface area contributed by atoms with E-state index in [0.29, 0.717) is 24.6 Å². The fourth-order valence-corrected chi connectivity index (χ4v) is 3.22. The van der Waals surface area contributed by atoms with Gasteiger partial charge in [0.15, 0.2) is 6.10 Å². The molecule has 0 fully saturated rings. The molecule has 0 spiro atoms. The highest BCUT2D eigenvalue weighted by Gasteiger charge is 2.22. The van der Waals surface area contributed by atoms with Crippen molar-refractivity contribution in [2.45, 2.75) is 40.3 Å². The second kappa shape index (κ2) is 11.2. The average Bonchev–Trinajstić information content (AvgIpc) is 3.02. The van der Waals surface area contributed by atoms with Crippen molar-refractivity contribution >= 4 is 23.6 Å². The molecule has 170 valence electrons. The second-order valence-corrected chi connectivity index (χ2v) is 7.38. The molecule has 8 heteroatoms. The lowest BCUT2D eigenvalue weighted by molar-refractivity contribution is -0.148. The van der Waals surface area contributed by atoms with Crippen LogP contribution in [0, 0.1) is 32.1 Å². The summed E-state index contributed by atoms with van der Waals surface area (Å²) in [5, 5.41) is 12.2. The molecule has 8 nitrogen and oxygen atoms in total. The minimum absolute atomic E-state index is 0.190. The Kier molecular flexibility index (Phi) is 8.62. The first-order valence-electron chi connectivity index (χ1n) is 10.2. The number of carbonyl (C=O) groups is 2. The summed E-state index contributed by atoms with van der Waals surface area (Å²) in [6, 6.07) is 9.10. The van der Waals surface area contributed by atoms with Gasteiger partial charge in [0.25, 0.3) is 5.91 Å². The fraction of sp³-hybridized carbons (Fsp3) is 0.375. The molecule has 0 bridgehead atoms. The lowest BCUT2D eigenvalue weighted by atomic mass is 10.1. The number of rotatable bonds is 9. The van der Waals surface area contributed by atoms with Gasteiger partial charge in [-0.15, -0.1) is 0 Å². The number of methoxy groups -OCH3 is 2. The van der Waals surface area contributed by atoms with E-state index in [-0.39, 0.29) is 5.57 Å². The van der Waals surface area contributed by atoms with E-state index in [1.54, 1.807) is 19.2 Å². The number of esters is 1. The zero-order valence-corrected chi connectivity index (χ0v) is 19.3. The van der Waals surface area contributed by atoms with Gasteiger partial charge < -0.3 is 24.1 Å². The third-order valence-corrected chi connectivity index (χ3v) is 5.04. The van der Waals surface area contributed by atoms with Crippen molar-refractivity contribution in [3.05, 3.63) is 52.4 Å². The number of hydrogen-bond donors (Lipinski definition) is 1. The summed E-state index contributed by atoms with van der Waals surface area (Å²) in [4.78, 5) is 25.1. The van der Waals surface area contributed by atoms with E-state index < -0.39 is 18.0 Å². The molecule has 1 aromatic heterocycles. The summed E-state index contributed by atoms with van der Waals surface area (Å²) < 4.78 is 17.7. The van der Waals surface area contributed by atoms with Crippen molar-refractivity contribution in [1.82, 2.24) is 4.57 Å². The van der Waals surface area contributed by atoms with Crippen LogP contribution in [-0.2, 0) is 25.6 Å². The molecule has 1 N–H and O–H groups in total. The summed E-state index contributed by atoms with van der Waals surface area (Å²) in [5.41, 5.74) is 3.83. The maximum absolute atomic E-state index is 12.6. The lowest BCUT2D eigenvalue weighted by Crippen LogP contribution is -2.30. The first-order chi connectivity index (χ1) is 15.2. The van der Waals surface area contributed by atoms with E-state index in [1.807, 2.05) is 43.5 Å². The van der Waals surface area contributed by atoms with Gasteiger partial charge in [-0.25, -0.2) is 4.79 Å². The molecular formula is C24H29N3O5. The number of amides is 1. The summed E-state index contributed by atoms with van der Waals surface area (Å²) in [7, 11) is 3.13. The van der Waals surface area contributed by atoms with Crippen LogP contribution in [0.2, 0.25) is 0 Å². The van der Waals surface area contributed by atoms with Gasteiger partial charge in [0.05, 0.1) is 19.4 Å². The number of anilines is 1. The van der Waals surface area contributed by atoms with Crippen LogP contribution in [0.4, 0.5) is 5.69 Å². The molecule has 1 atom stereocenters. The van der Waals surface area contributed by atoms with E-state index in [9.17, 15) is 14.9 Å². The minimum Gasteiger partial charge on any atom is -0.495 e. The summed E-state index contributed by atoms with van der Waals surface area (Å²) in [6.45, 7) is 8.38. The van der Waals surface area contributed by atoms with E-state index >= 15 is 0 Å². The summed E-state index contributed by atoms with van der Waals surface area (Å²) in [6.07, 6.45) is 0.362. The number of carbonyl (C=O) groups excluding carboxylic acids is 2. The van der Waals surface area contributed by atoms with Crippen LogP contribution < -0.4 is 10.1 Å². The van der Waals surface area contributed by atoms with Gasteiger partial charge in [0, 0.05) is 25.0 Å². The molecule has 1 heterocycles. The molecular weight excluding hydrogens is 410 g/mol. The maximum atomic E-state index is 12.6. The van der Waals surface area contributed by atoms with Crippen molar-refractivity contribution in [3.8, 4) is 11.8 Å². The van der Waals surface area contributed by atoms with Crippen LogP contribution in [0.25, 0.3) is 6.08 Å². The number of ether oxygens (including phenoxy) is 3. The third kappa shape index (κ3) is 5.99. The monoisotopic (exact) mass is 439 g/mol. The Bertz CT molecular complexity index is 1060. The molecule has 0 saturated carbocycles. The van der Waals surface area contributed by atoms with Gasteiger partial charge in [-0.1, -0.05) is 6.07 Å². The SMILES string of the molecule is COCCn1c(C)cc(/C=C(\C#N)C(=O)OC(C)C(=O)Nc2cc(C)ccc2OC)c1C. The Morgan fingerprint density at radius 3 is 2.56 bits per heavy atom. The fourth-order valence-electron chi connectivity index (χ4n) is 3.22. The van der Waals surface area contributed by atoms with Crippen LogP contribution in [0.3, 0.4) is 0 Å². The zero-order valence-electron chi connectivity index (χ0n) is 19.3. The number of aryl methyl sites for hydroxylation is 2. The van der Waals surface area contributed by atoms with Crippen LogP contribution in [-0.4, -0.2) is 43.4 Å². The highest BCUT2D eigenvalue weighted by atomic mass is 16.5. The Labute approximate surface area is 188 Å². The van der Waals surface area contributed by atoms with E-state index in [1.165, 1.54) is 20.1 Å². The van der Waals surface area contributed by atoms with Crippen molar-refractivity contribution in [2.24, 2.45) is 0 Å². The number of hydrogen-bond acceptors (Lipinski definition) is 6. The van der Waals surface area contributed by atoms with Crippen molar-refractivity contribution in [3.63, 3.8) is 0 Å². The van der Waals surface area contributed by atoms with Crippen molar-refractivity contribution in [2.75, 3.05) is 26.1 Å². The number of benzene rings is 1. The Morgan fingerprint density at radius 2 is 1.94 bits per heavy atom. The normalized spacial score (nSPS) is 12.1. The zero-order chi connectivity index (χ0) is 23.8. The lowest BCUT2D eigenvalue weighted by Gasteiger charge is -2.15. The summed E-state index contributed by atoms with van der Waals surface area (Å²) in [5.74, 6) is -0.908. The number of nitrogens with zero attached hydrogens (tertiary/aromatic N) is 2. The first kappa shape index (κ1) is 24.7. The molecule has 0 aliphatic heterocycles. The highest BCUT2D eigenvalue weighted by molar-refractivity contribution is 6.01. The molecule has 0 aliphatic carbocycles. The van der Waals surface area contributed by atoms with Crippen LogP contribution >= 0.6 is 0 Å². The van der Waals surface area contributed by atoms with Crippen molar-refractivity contribution < 1.29 is 23.8 Å². The largest absolute Gasteiger partial charge is 0.495 e. The first-order valence-corrected chi connectivity index (χ1v) is 10.2. The van der Waals surface area contributed by atoms with Crippen LogP contribution in [0.5, 0.6) is 5.75 Å². The molecule has 1 unspecified atom stereocenters. The standard InChI is InChI=1S/C24H29N3O5/c1-15-7-8-22(31-6)21(11-15)26-23(28)18(4)32-24(29)20(14-25)13-19-12-16(2)27(17(19)3)9-10-30-5/h7-8,11-13,18H,9-10H2,1-6H3,(H,26,28)/b20-13+. The molecule has 1 aromatic carbocycles. The Balaban J connectivity index is 2.14. The third-order valence-electron chi connectivity index (χ3n) is 5.04. The van der Waals surface area contributed by atoms with E-state index in [0.717, 1.165) is 22.5 Å². The molecule has 1 amide bonds. The quantitative estimate of drug-likeness (QED) is 0.364. The molecule has 32 heavy (non-hydrogen) atoms. The van der Waals surface area contributed by atoms with Gasteiger partial charge in [0.1, 0.15) is 17.4 Å². The number of nitriles is 1. The smallest absolute Gasteiger partial charge is 0.349 e. The molecule has 0 radical (unpaired) electrons. The molecule has 2 aromatic rings. The maximum Gasteiger partial charge on any atom is 0.349 e. The second-order valence-electron chi connectivity index (χ2n) is 7.38. The van der Waals surface area contributed by atoms with Gasteiger partial charge in [-0.2, -0.15) is 5.26 Å². The number of nitrogens with one attached hydrogen (secondary N) is 1. The van der Waals surface area contributed by atoms with Gasteiger partial charge >= 0.3 is 5.97 Å². The van der Waals surface area contributed by atoms with Gasteiger partial charge in [0.2, 0.25) is 0 Å². The summed E-state index contributed by atoms with van der Waals surface area (Å²) >= 11 is 0. The Morgan fingerprint density at radius 1 is 1.22 bits per heavy atom. The molecule has 0 saturated heterocycles. The van der Waals surface area contributed by atoms with E-state index in [4.69, 9.17) is 14.2 Å². The molecule has 0 aliphatic rings. The predicted octanol–water partition coefficient (Wildman–Crippen LogP) is 3.55. The Hall–Kier alpha value is -3.57. The van der Waals surface area contributed by atoms with Crippen molar-refractivity contribution in [1.29, 1.82) is 5.26 Å².